The lowest BCUT2D eigenvalue weighted by Gasteiger charge is -2.31. The van der Waals surface area contributed by atoms with Gasteiger partial charge in [-0.3, -0.25) is 4.79 Å². The molecule has 0 saturated carbocycles. The zero-order valence-electron chi connectivity index (χ0n) is 12.9. The number of benzene rings is 1. The van der Waals surface area contributed by atoms with Crippen LogP contribution in [-0.4, -0.2) is 46.3 Å². The van der Waals surface area contributed by atoms with Gasteiger partial charge in [0.2, 0.25) is 5.91 Å². The van der Waals surface area contributed by atoms with Crippen molar-refractivity contribution in [2.45, 2.75) is 37.1 Å². The highest BCUT2D eigenvalue weighted by molar-refractivity contribution is 8.00. The lowest BCUT2D eigenvalue weighted by Crippen LogP contribution is -2.51. The summed E-state index contributed by atoms with van der Waals surface area (Å²) in [7, 11) is 0. The molecule has 1 aromatic carbocycles. The smallest absolute Gasteiger partial charge is 0.329 e. The van der Waals surface area contributed by atoms with E-state index in [1.54, 1.807) is 6.92 Å². The lowest BCUT2D eigenvalue weighted by atomic mass is 9.99. The second-order valence-corrected chi connectivity index (χ2v) is 6.47. The maximum Gasteiger partial charge on any atom is 0.329 e. The first-order valence-electron chi connectivity index (χ1n) is 7.37. The highest BCUT2D eigenvalue weighted by Gasteiger charge is 2.45. The number of carbonyl (C=O) groups excluding carboxylic acids is 1. The van der Waals surface area contributed by atoms with Gasteiger partial charge in [-0.25, -0.2) is 4.79 Å². The average molecular weight is 323 g/mol. The zero-order valence-corrected chi connectivity index (χ0v) is 13.7. The van der Waals surface area contributed by atoms with Crippen molar-refractivity contribution in [1.82, 2.24) is 4.90 Å². The van der Waals surface area contributed by atoms with E-state index in [0.717, 1.165) is 17.1 Å². The molecular formula is C16H21NO4S. The Labute approximate surface area is 134 Å². The number of amides is 1. The van der Waals surface area contributed by atoms with Gasteiger partial charge >= 0.3 is 5.97 Å². The van der Waals surface area contributed by atoms with Crippen LogP contribution in [0.1, 0.15) is 26.7 Å². The van der Waals surface area contributed by atoms with Gasteiger partial charge in [-0.2, -0.15) is 0 Å². The highest BCUT2D eigenvalue weighted by Crippen LogP contribution is 2.31. The molecule has 2 rings (SSSR count). The normalized spacial score (nSPS) is 20.9. The Balaban J connectivity index is 1.93. The van der Waals surface area contributed by atoms with Crippen LogP contribution in [0.15, 0.2) is 29.2 Å². The number of aliphatic carboxylic acids is 1. The number of likely N-dealkylation sites (tertiary alicyclic amines) is 1. The summed E-state index contributed by atoms with van der Waals surface area (Å²) in [5.74, 6) is -0.00139. The van der Waals surface area contributed by atoms with Crippen LogP contribution in [0, 0.1) is 0 Å². The Morgan fingerprint density at radius 3 is 2.64 bits per heavy atom. The van der Waals surface area contributed by atoms with Crippen molar-refractivity contribution in [3.63, 3.8) is 0 Å². The second kappa shape index (κ2) is 7.05. The summed E-state index contributed by atoms with van der Waals surface area (Å²) < 4.78 is 5.37. The number of carboxylic acid groups (broad SMARTS) is 1. The summed E-state index contributed by atoms with van der Waals surface area (Å²) in [6, 6.07) is 7.55. The molecule has 1 saturated heterocycles. The molecule has 1 N–H and O–H groups in total. The molecule has 1 atom stereocenters. The number of thioether (sulfide) groups is 1. The number of carbonyl (C=O) groups is 2. The molecule has 120 valence electrons. The number of rotatable bonds is 6. The van der Waals surface area contributed by atoms with Gasteiger partial charge in [0.05, 0.1) is 12.4 Å². The topological polar surface area (TPSA) is 66.8 Å². The summed E-state index contributed by atoms with van der Waals surface area (Å²) in [5.41, 5.74) is -1.06. The minimum Gasteiger partial charge on any atom is -0.494 e. The van der Waals surface area contributed by atoms with Gasteiger partial charge in [0.1, 0.15) is 11.3 Å². The number of ether oxygens (including phenoxy) is 1. The molecule has 1 fully saturated rings. The molecule has 0 aromatic heterocycles. The largest absolute Gasteiger partial charge is 0.494 e. The van der Waals surface area contributed by atoms with Crippen LogP contribution < -0.4 is 4.74 Å². The standard InChI is InChI=1S/C16H21NO4S/c1-3-21-12-5-7-13(8-6-12)22-11-14(18)17-10-4-9-16(17,2)15(19)20/h5-8H,3-4,9-11H2,1-2H3,(H,19,20). The molecule has 22 heavy (non-hydrogen) atoms. The highest BCUT2D eigenvalue weighted by atomic mass is 32.2. The maximum absolute atomic E-state index is 12.3. The average Bonchev–Trinajstić information content (AvgIpc) is 2.90. The third-order valence-corrected chi connectivity index (χ3v) is 4.90. The van der Waals surface area contributed by atoms with Crippen molar-refractivity contribution in [2.75, 3.05) is 18.9 Å². The first kappa shape index (κ1) is 16.7. The molecular weight excluding hydrogens is 302 g/mol. The van der Waals surface area contributed by atoms with Crippen LogP contribution in [0.3, 0.4) is 0 Å². The van der Waals surface area contributed by atoms with E-state index in [2.05, 4.69) is 0 Å². The van der Waals surface area contributed by atoms with Crippen molar-refractivity contribution in [2.24, 2.45) is 0 Å². The monoisotopic (exact) mass is 323 g/mol. The molecule has 1 aliphatic rings. The second-order valence-electron chi connectivity index (χ2n) is 5.42. The molecule has 1 aliphatic heterocycles. The van der Waals surface area contributed by atoms with Gasteiger partial charge in [0.25, 0.3) is 0 Å². The lowest BCUT2D eigenvalue weighted by molar-refractivity contribution is -0.154. The minimum atomic E-state index is -1.06. The SMILES string of the molecule is CCOc1ccc(SCC(=O)N2CCCC2(C)C(=O)O)cc1. The Hall–Kier alpha value is -1.69. The predicted molar refractivity (Wildman–Crippen MR) is 85.3 cm³/mol. The van der Waals surface area contributed by atoms with Crippen LogP contribution in [0.5, 0.6) is 5.75 Å². The predicted octanol–water partition coefficient (Wildman–Crippen LogP) is 2.64. The van der Waals surface area contributed by atoms with E-state index in [1.165, 1.54) is 16.7 Å². The van der Waals surface area contributed by atoms with E-state index in [9.17, 15) is 14.7 Å². The quantitative estimate of drug-likeness (QED) is 0.815. The molecule has 5 nitrogen and oxygen atoms in total. The number of hydrogen-bond donors (Lipinski definition) is 1. The van der Waals surface area contributed by atoms with Crippen LogP contribution >= 0.6 is 11.8 Å². The summed E-state index contributed by atoms with van der Waals surface area (Å²) in [4.78, 5) is 26.2. The summed E-state index contributed by atoms with van der Waals surface area (Å²) >= 11 is 1.41. The molecule has 1 amide bonds. The first-order valence-corrected chi connectivity index (χ1v) is 8.35. The van der Waals surface area contributed by atoms with Gasteiger partial charge in [-0.15, -0.1) is 11.8 Å². The third kappa shape index (κ3) is 3.55. The van der Waals surface area contributed by atoms with Crippen LogP contribution in [0.25, 0.3) is 0 Å². The van der Waals surface area contributed by atoms with Crippen molar-refractivity contribution in [3.05, 3.63) is 24.3 Å². The Morgan fingerprint density at radius 2 is 2.05 bits per heavy atom. The van der Waals surface area contributed by atoms with Crippen LogP contribution in [0.4, 0.5) is 0 Å². The summed E-state index contributed by atoms with van der Waals surface area (Å²) in [6.45, 7) is 4.69. The minimum absolute atomic E-state index is 0.124. The van der Waals surface area contributed by atoms with Crippen LogP contribution in [-0.2, 0) is 9.59 Å². The number of hydrogen-bond acceptors (Lipinski definition) is 4. The molecule has 0 radical (unpaired) electrons. The van der Waals surface area contributed by atoms with E-state index >= 15 is 0 Å². The van der Waals surface area contributed by atoms with E-state index in [0.29, 0.717) is 19.6 Å². The molecule has 0 bridgehead atoms. The third-order valence-electron chi connectivity index (χ3n) is 3.90. The van der Waals surface area contributed by atoms with Crippen molar-refractivity contribution >= 4 is 23.6 Å². The summed E-state index contributed by atoms with van der Waals surface area (Å²) in [6.07, 6.45) is 1.25. The Kier molecular flexibility index (Phi) is 5.34. The molecule has 6 heteroatoms. The Bertz CT molecular complexity index is 546. The molecule has 0 aliphatic carbocycles. The van der Waals surface area contributed by atoms with Gasteiger partial charge in [0, 0.05) is 11.4 Å². The fourth-order valence-electron chi connectivity index (χ4n) is 2.61. The van der Waals surface area contributed by atoms with E-state index in [1.807, 2.05) is 31.2 Å². The van der Waals surface area contributed by atoms with Crippen molar-refractivity contribution in [3.8, 4) is 5.75 Å². The van der Waals surface area contributed by atoms with Crippen molar-refractivity contribution in [1.29, 1.82) is 0 Å². The summed E-state index contributed by atoms with van der Waals surface area (Å²) in [5, 5.41) is 9.34. The van der Waals surface area contributed by atoms with Gasteiger partial charge < -0.3 is 14.7 Å². The molecule has 1 aromatic rings. The number of nitrogens with zero attached hydrogens (tertiary/aromatic N) is 1. The zero-order chi connectivity index (χ0) is 16.2. The van der Waals surface area contributed by atoms with Crippen molar-refractivity contribution < 1.29 is 19.4 Å². The van der Waals surface area contributed by atoms with Gasteiger partial charge in [-0.1, -0.05) is 0 Å². The maximum atomic E-state index is 12.3. The molecule has 1 unspecified atom stereocenters. The van der Waals surface area contributed by atoms with E-state index in [-0.39, 0.29) is 11.7 Å². The number of carboxylic acids is 1. The van der Waals surface area contributed by atoms with Gasteiger partial charge in [0.15, 0.2) is 0 Å². The fraction of sp³-hybridized carbons (Fsp3) is 0.500. The molecule has 0 spiro atoms. The fourth-order valence-corrected chi connectivity index (χ4v) is 3.38. The molecule has 1 heterocycles. The van der Waals surface area contributed by atoms with Crippen LogP contribution in [0.2, 0.25) is 0 Å². The van der Waals surface area contributed by atoms with E-state index in [4.69, 9.17) is 4.74 Å². The van der Waals surface area contributed by atoms with Gasteiger partial charge in [-0.05, 0) is 51.0 Å². The first-order chi connectivity index (χ1) is 10.5. The van der Waals surface area contributed by atoms with E-state index < -0.39 is 11.5 Å². The Morgan fingerprint density at radius 1 is 1.36 bits per heavy atom.